The lowest BCUT2D eigenvalue weighted by Gasteiger charge is -2.17. The van der Waals surface area contributed by atoms with Gasteiger partial charge in [-0.1, -0.05) is 36.4 Å². The molecule has 2 aromatic carbocycles. The van der Waals surface area contributed by atoms with Crippen molar-refractivity contribution in [2.24, 2.45) is 0 Å². The number of ether oxygens (including phenoxy) is 1. The maximum absolute atomic E-state index is 12.3. The number of halogens is 2. The van der Waals surface area contributed by atoms with E-state index in [1.54, 1.807) is 13.1 Å². The summed E-state index contributed by atoms with van der Waals surface area (Å²) in [6, 6.07) is 15.3. The van der Waals surface area contributed by atoms with Crippen LogP contribution in [0.5, 0.6) is 5.75 Å². The Morgan fingerprint density at radius 3 is 2.52 bits per heavy atom. The second-order valence-corrected chi connectivity index (χ2v) is 4.55. The first kappa shape index (κ1) is 15.0. The molecule has 0 aliphatic rings. The van der Waals surface area contributed by atoms with Crippen molar-refractivity contribution in [1.29, 1.82) is 0 Å². The molecule has 1 amide bonds. The number of hydrogen-bond acceptors (Lipinski definition) is 2. The molecular weight excluding hydrogens is 276 g/mol. The minimum absolute atomic E-state index is 0.0241. The Bertz CT molecular complexity index is 602. The van der Waals surface area contributed by atoms with Crippen LogP contribution in [-0.4, -0.2) is 24.5 Å². The molecule has 0 aromatic heterocycles. The molecule has 0 heterocycles. The lowest BCUT2D eigenvalue weighted by molar-refractivity contribution is -0.0499. The third-order valence-electron chi connectivity index (χ3n) is 2.92. The molecule has 0 bridgehead atoms. The number of nitrogens with zero attached hydrogens (tertiary/aromatic N) is 1. The molecule has 0 aliphatic carbocycles. The lowest BCUT2D eigenvalue weighted by Crippen LogP contribution is -2.26. The Morgan fingerprint density at radius 2 is 1.86 bits per heavy atom. The van der Waals surface area contributed by atoms with Crippen LogP contribution in [0, 0.1) is 0 Å². The molecule has 0 unspecified atom stereocenters. The summed E-state index contributed by atoms with van der Waals surface area (Å²) < 4.78 is 28.7. The zero-order valence-corrected chi connectivity index (χ0v) is 11.5. The predicted molar refractivity (Wildman–Crippen MR) is 75.3 cm³/mol. The fraction of sp³-hybridized carbons (Fsp3) is 0.188. The smallest absolute Gasteiger partial charge is 0.387 e. The Hall–Kier alpha value is -2.43. The molecule has 0 atom stereocenters. The summed E-state index contributed by atoms with van der Waals surface area (Å²) in [4.78, 5) is 13.8. The summed E-state index contributed by atoms with van der Waals surface area (Å²) in [5.74, 6) is -0.275. The quantitative estimate of drug-likeness (QED) is 0.843. The van der Waals surface area contributed by atoms with Crippen molar-refractivity contribution in [3.63, 3.8) is 0 Å². The van der Waals surface area contributed by atoms with Crippen LogP contribution in [-0.2, 0) is 6.54 Å². The molecule has 0 N–H and O–H groups in total. The number of amides is 1. The third-order valence-corrected chi connectivity index (χ3v) is 2.92. The lowest BCUT2D eigenvalue weighted by atomic mass is 10.1. The highest BCUT2D eigenvalue weighted by Gasteiger charge is 2.13. The van der Waals surface area contributed by atoms with Gasteiger partial charge in [0.1, 0.15) is 5.75 Å². The third kappa shape index (κ3) is 4.27. The van der Waals surface area contributed by atoms with Gasteiger partial charge >= 0.3 is 6.61 Å². The maximum Gasteiger partial charge on any atom is 0.387 e. The van der Waals surface area contributed by atoms with Gasteiger partial charge in [0.05, 0.1) is 0 Å². The van der Waals surface area contributed by atoms with E-state index in [4.69, 9.17) is 0 Å². The topological polar surface area (TPSA) is 29.5 Å². The monoisotopic (exact) mass is 291 g/mol. The van der Waals surface area contributed by atoms with E-state index in [2.05, 4.69) is 4.74 Å². The average Bonchev–Trinajstić information content (AvgIpc) is 2.47. The van der Waals surface area contributed by atoms with Gasteiger partial charge in [-0.05, 0) is 23.8 Å². The van der Waals surface area contributed by atoms with Gasteiger partial charge in [0.25, 0.3) is 5.91 Å². The first-order chi connectivity index (χ1) is 10.1. The summed E-state index contributed by atoms with van der Waals surface area (Å²) in [6.07, 6.45) is 0. The Labute approximate surface area is 121 Å². The van der Waals surface area contributed by atoms with Gasteiger partial charge in [-0.15, -0.1) is 0 Å². The van der Waals surface area contributed by atoms with Crippen LogP contribution in [0.3, 0.4) is 0 Å². The van der Waals surface area contributed by atoms with Gasteiger partial charge in [-0.3, -0.25) is 4.79 Å². The molecule has 0 spiro atoms. The number of hydrogen-bond donors (Lipinski definition) is 0. The largest absolute Gasteiger partial charge is 0.435 e. The van der Waals surface area contributed by atoms with Crippen molar-refractivity contribution in [2.45, 2.75) is 13.2 Å². The zero-order chi connectivity index (χ0) is 15.2. The molecule has 0 fully saturated rings. The number of rotatable bonds is 5. The van der Waals surface area contributed by atoms with Crippen molar-refractivity contribution < 1.29 is 18.3 Å². The molecule has 0 saturated carbocycles. The summed E-state index contributed by atoms with van der Waals surface area (Å²) in [5.41, 5.74) is 1.31. The van der Waals surface area contributed by atoms with Crippen molar-refractivity contribution in [1.82, 2.24) is 4.90 Å². The van der Waals surface area contributed by atoms with E-state index in [0.29, 0.717) is 12.1 Å². The van der Waals surface area contributed by atoms with E-state index >= 15 is 0 Å². The second-order valence-electron chi connectivity index (χ2n) is 4.55. The SMILES string of the molecule is CN(Cc1ccccc1)C(=O)c1cccc(OC(F)F)c1. The van der Waals surface area contributed by atoms with Crippen LogP contribution >= 0.6 is 0 Å². The van der Waals surface area contributed by atoms with Crippen LogP contribution < -0.4 is 4.74 Å². The van der Waals surface area contributed by atoms with Crippen molar-refractivity contribution in [3.8, 4) is 5.75 Å². The van der Waals surface area contributed by atoms with E-state index in [1.807, 2.05) is 30.3 Å². The molecule has 3 nitrogen and oxygen atoms in total. The Kier molecular flexibility index (Phi) is 4.87. The number of benzene rings is 2. The van der Waals surface area contributed by atoms with Gasteiger partial charge in [-0.2, -0.15) is 8.78 Å². The normalized spacial score (nSPS) is 10.5. The van der Waals surface area contributed by atoms with Gasteiger partial charge in [0.2, 0.25) is 0 Å². The fourth-order valence-electron chi connectivity index (χ4n) is 1.95. The maximum atomic E-state index is 12.3. The molecule has 0 saturated heterocycles. The molecule has 0 aliphatic heterocycles. The van der Waals surface area contributed by atoms with E-state index in [-0.39, 0.29) is 11.7 Å². The average molecular weight is 291 g/mol. The molecule has 0 radical (unpaired) electrons. The standard InChI is InChI=1S/C16H15F2NO2/c1-19(11-12-6-3-2-4-7-12)15(20)13-8-5-9-14(10-13)21-16(17)18/h2-10,16H,11H2,1H3. The predicted octanol–water partition coefficient (Wildman–Crippen LogP) is 3.56. The van der Waals surface area contributed by atoms with Crippen molar-refractivity contribution in [2.75, 3.05) is 7.05 Å². The van der Waals surface area contributed by atoms with Crippen molar-refractivity contribution in [3.05, 3.63) is 65.7 Å². The van der Waals surface area contributed by atoms with E-state index in [9.17, 15) is 13.6 Å². The second kappa shape index (κ2) is 6.83. The number of carbonyl (C=O) groups excluding carboxylic acids is 1. The highest BCUT2D eigenvalue weighted by Crippen LogP contribution is 2.17. The van der Waals surface area contributed by atoms with Gasteiger partial charge in [0.15, 0.2) is 0 Å². The van der Waals surface area contributed by atoms with Crippen LogP contribution in [0.25, 0.3) is 0 Å². The van der Waals surface area contributed by atoms with Gasteiger partial charge in [-0.25, -0.2) is 0 Å². The summed E-state index contributed by atoms with van der Waals surface area (Å²) >= 11 is 0. The highest BCUT2D eigenvalue weighted by molar-refractivity contribution is 5.94. The highest BCUT2D eigenvalue weighted by atomic mass is 19.3. The van der Waals surface area contributed by atoms with Gasteiger partial charge in [0, 0.05) is 19.2 Å². The van der Waals surface area contributed by atoms with E-state index in [1.165, 1.54) is 23.1 Å². The van der Waals surface area contributed by atoms with Crippen LogP contribution in [0.4, 0.5) is 8.78 Å². The summed E-state index contributed by atoms with van der Waals surface area (Å²) in [7, 11) is 1.66. The molecule has 110 valence electrons. The first-order valence-corrected chi connectivity index (χ1v) is 6.40. The zero-order valence-electron chi connectivity index (χ0n) is 11.5. The minimum Gasteiger partial charge on any atom is -0.435 e. The Balaban J connectivity index is 2.08. The first-order valence-electron chi connectivity index (χ1n) is 6.40. The molecule has 2 rings (SSSR count). The van der Waals surface area contributed by atoms with E-state index < -0.39 is 6.61 Å². The molecule has 5 heteroatoms. The van der Waals surface area contributed by atoms with Gasteiger partial charge < -0.3 is 9.64 Å². The number of alkyl halides is 2. The van der Waals surface area contributed by atoms with Crippen LogP contribution in [0.15, 0.2) is 54.6 Å². The summed E-state index contributed by atoms with van der Waals surface area (Å²) in [6.45, 7) is -2.46. The minimum atomic E-state index is -2.91. The Morgan fingerprint density at radius 1 is 1.14 bits per heavy atom. The molecular formula is C16H15F2NO2. The molecule has 21 heavy (non-hydrogen) atoms. The van der Waals surface area contributed by atoms with Crippen molar-refractivity contribution >= 4 is 5.91 Å². The molecule has 2 aromatic rings. The van der Waals surface area contributed by atoms with Crippen LogP contribution in [0.2, 0.25) is 0 Å². The van der Waals surface area contributed by atoms with E-state index in [0.717, 1.165) is 5.56 Å². The van der Waals surface area contributed by atoms with Crippen LogP contribution in [0.1, 0.15) is 15.9 Å². The number of carbonyl (C=O) groups is 1. The fourth-order valence-corrected chi connectivity index (χ4v) is 1.95. The summed E-state index contributed by atoms with van der Waals surface area (Å²) in [5, 5.41) is 0.